The van der Waals surface area contributed by atoms with Crippen molar-refractivity contribution in [1.82, 2.24) is 4.90 Å². The predicted molar refractivity (Wildman–Crippen MR) is 112 cm³/mol. The minimum Gasteiger partial charge on any atom is -0.497 e. The van der Waals surface area contributed by atoms with E-state index in [2.05, 4.69) is 4.74 Å². The molecule has 0 saturated carbocycles. The fourth-order valence-corrected chi connectivity index (χ4v) is 3.20. The van der Waals surface area contributed by atoms with E-state index in [0.717, 1.165) is 24.1 Å². The van der Waals surface area contributed by atoms with E-state index in [9.17, 15) is 22.8 Å². The number of unbranched alkanes of at least 4 members (excludes halogenated alkanes) is 1. The molecule has 0 heterocycles. The monoisotopic (exact) mass is 453 g/mol. The highest BCUT2D eigenvalue weighted by Crippen LogP contribution is 2.29. The zero-order valence-corrected chi connectivity index (χ0v) is 17.7. The third-order valence-electron chi connectivity index (χ3n) is 4.69. The summed E-state index contributed by atoms with van der Waals surface area (Å²) in [7, 11) is 1.28. The number of rotatable bonds is 12. The van der Waals surface area contributed by atoms with Crippen molar-refractivity contribution in [2.45, 2.75) is 38.5 Å². The Morgan fingerprint density at radius 3 is 2.25 bits per heavy atom. The normalized spacial score (nSPS) is 11.1. The van der Waals surface area contributed by atoms with Crippen LogP contribution in [-0.2, 0) is 11.2 Å². The van der Waals surface area contributed by atoms with Gasteiger partial charge < -0.3 is 19.5 Å². The maximum absolute atomic E-state index is 13.1. The first kappa shape index (κ1) is 25.0. The van der Waals surface area contributed by atoms with Crippen LogP contribution in [0.1, 0.15) is 41.6 Å². The van der Waals surface area contributed by atoms with Gasteiger partial charge in [0.2, 0.25) is 0 Å². The van der Waals surface area contributed by atoms with Gasteiger partial charge in [-0.25, -0.2) is 0 Å². The minimum absolute atomic E-state index is 0.00143. The number of aryl methyl sites for hydroxylation is 1. The third kappa shape index (κ3) is 8.87. The molecule has 0 aromatic heterocycles. The Morgan fingerprint density at radius 2 is 1.62 bits per heavy atom. The van der Waals surface area contributed by atoms with Crippen LogP contribution in [0.2, 0.25) is 0 Å². The number of carbonyl (C=O) groups is 2. The smallest absolute Gasteiger partial charge is 0.497 e. The molecular formula is C23H26F3NO5. The predicted octanol–water partition coefficient (Wildman–Crippen LogP) is 4.92. The summed E-state index contributed by atoms with van der Waals surface area (Å²) in [4.78, 5) is 25.4. The Balaban J connectivity index is 2.15. The van der Waals surface area contributed by atoms with Crippen molar-refractivity contribution in [3.63, 3.8) is 0 Å². The van der Waals surface area contributed by atoms with E-state index in [4.69, 9.17) is 9.84 Å². The number of nitrogens with zero attached hydrogens (tertiary/aromatic N) is 1. The van der Waals surface area contributed by atoms with Gasteiger partial charge in [-0.15, -0.1) is 13.2 Å². The summed E-state index contributed by atoms with van der Waals surface area (Å²) >= 11 is 0. The molecule has 174 valence electrons. The van der Waals surface area contributed by atoms with E-state index < -0.39 is 24.0 Å². The lowest BCUT2D eigenvalue weighted by atomic mass is 10.1. The molecule has 0 aliphatic heterocycles. The molecule has 9 heteroatoms. The van der Waals surface area contributed by atoms with Crippen molar-refractivity contribution in [2.24, 2.45) is 0 Å². The second-order valence-corrected chi connectivity index (χ2v) is 7.18. The molecule has 6 nitrogen and oxygen atoms in total. The summed E-state index contributed by atoms with van der Waals surface area (Å²) in [5.41, 5.74) is 1.11. The van der Waals surface area contributed by atoms with E-state index in [0.29, 0.717) is 25.8 Å². The maximum Gasteiger partial charge on any atom is 0.573 e. The van der Waals surface area contributed by atoms with E-state index >= 15 is 0 Å². The Bertz CT molecular complexity index is 887. The van der Waals surface area contributed by atoms with Gasteiger partial charge in [0.15, 0.2) is 0 Å². The highest BCUT2D eigenvalue weighted by atomic mass is 19.4. The molecule has 0 radical (unpaired) electrons. The molecule has 2 aromatic carbocycles. The SMILES string of the molecule is COc1cc(OC(F)(F)F)cc(C(=O)N(CCCCC(=O)O)CCCc2ccccc2)c1. The van der Waals surface area contributed by atoms with Crippen molar-refractivity contribution in [3.05, 3.63) is 59.7 Å². The van der Waals surface area contributed by atoms with E-state index in [1.807, 2.05) is 30.3 Å². The lowest BCUT2D eigenvalue weighted by Gasteiger charge is -2.23. The van der Waals surface area contributed by atoms with E-state index in [-0.39, 0.29) is 24.3 Å². The number of hydrogen-bond acceptors (Lipinski definition) is 4. The van der Waals surface area contributed by atoms with Crippen LogP contribution in [-0.4, -0.2) is 48.4 Å². The second-order valence-electron chi connectivity index (χ2n) is 7.18. The van der Waals surface area contributed by atoms with Crippen molar-refractivity contribution < 1.29 is 37.3 Å². The summed E-state index contributed by atoms with van der Waals surface area (Å²) in [5.74, 6) is -1.88. The van der Waals surface area contributed by atoms with E-state index in [1.54, 1.807) is 0 Å². The number of benzene rings is 2. The highest BCUT2D eigenvalue weighted by Gasteiger charge is 2.32. The number of ether oxygens (including phenoxy) is 2. The van der Waals surface area contributed by atoms with Gasteiger partial charge in [0.05, 0.1) is 7.11 Å². The minimum atomic E-state index is -4.90. The molecule has 1 N–H and O–H groups in total. The lowest BCUT2D eigenvalue weighted by molar-refractivity contribution is -0.274. The highest BCUT2D eigenvalue weighted by molar-refractivity contribution is 5.95. The Hall–Kier alpha value is -3.23. The average molecular weight is 453 g/mol. The first-order chi connectivity index (χ1) is 15.2. The maximum atomic E-state index is 13.1. The molecule has 0 bridgehead atoms. The fourth-order valence-electron chi connectivity index (χ4n) is 3.20. The van der Waals surface area contributed by atoms with Crippen LogP contribution in [0.25, 0.3) is 0 Å². The lowest BCUT2D eigenvalue weighted by Crippen LogP contribution is -2.33. The standard InChI is InChI=1S/C23H26F3NO5/c1-31-19-14-18(15-20(16-19)32-23(24,25)26)22(30)27(12-6-5-11-21(28)29)13-7-10-17-8-3-2-4-9-17/h2-4,8-9,14-16H,5-7,10-13H2,1H3,(H,28,29). The summed E-state index contributed by atoms with van der Waals surface area (Å²) in [6, 6.07) is 13.1. The van der Waals surface area contributed by atoms with Gasteiger partial charge in [-0.3, -0.25) is 9.59 Å². The molecular weight excluding hydrogens is 427 g/mol. The van der Waals surface area contributed by atoms with Crippen LogP contribution >= 0.6 is 0 Å². The Labute approximate surface area is 184 Å². The average Bonchev–Trinajstić information content (AvgIpc) is 2.74. The first-order valence-corrected chi connectivity index (χ1v) is 10.2. The van der Waals surface area contributed by atoms with Crippen molar-refractivity contribution in [2.75, 3.05) is 20.2 Å². The van der Waals surface area contributed by atoms with Crippen molar-refractivity contribution in [1.29, 1.82) is 0 Å². The van der Waals surface area contributed by atoms with Crippen LogP contribution in [0.5, 0.6) is 11.5 Å². The number of methoxy groups -OCH3 is 1. The van der Waals surface area contributed by atoms with Crippen LogP contribution in [0.15, 0.2) is 48.5 Å². The number of carbonyl (C=O) groups excluding carboxylic acids is 1. The largest absolute Gasteiger partial charge is 0.573 e. The number of alkyl halides is 3. The van der Waals surface area contributed by atoms with Crippen LogP contribution in [0.4, 0.5) is 13.2 Å². The van der Waals surface area contributed by atoms with Crippen LogP contribution < -0.4 is 9.47 Å². The summed E-state index contributed by atoms with van der Waals surface area (Å²) in [6.45, 7) is 0.654. The van der Waals surface area contributed by atoms with E-state index in [1.165, 1.54) is 18.1 Å². The zero-order chi connectivity index (χ0) is 23.6. The quantitative estimate of drug-likeness (QED) is 0.462. The van der Waals surface area contributed by atoms with Gasteiger partial charge in [-0.2, -0.15) is 0 Å². The van der Waals surface area contributed by atoms with Crippen LogP contribution in [0, 0.1) is 0 Å². The molecule has 2 aromatic rings. The number of aliphatic carboxylic acids is 1. The zero-order valence-electron chi connectivity index (χ0n) is 17.7. The molecule has 2 rings (SSSR count). The molecule has 0 aliphatic rings. The van der Waals surface area contributed by atoms with Crippen LogP contribution in [0.3, 0.4) is 0 Å². The summed E-state index contributed by atoms with van der Waals surface area (Å²) < 4.78 is 47.0. The van der Waals surface area contributed by atoms with Gasteiger partial charge in [-0.05, 0) is 43.4 Å². The van der Waals surface area contributed by atoms with Gasteiger partial charge in [0.25, 0.3) is 5.91 Å². The van der Waals surface area contributed by atoms with Crippen molar-refractivity contribution >= 4 is 11.9 Å². The molecule has 0 fully saturated rings. The van der Waals surface area contributed by atoms with Crippen molar-refractivity contribution in [3.8, 4) is 11.5 Å². The molecule has 0 atom stereocenters. The molecule has 0 aliphatic carbocycles. The second kappa shape index (κ2) is 12.0. The van der Waals surface area contributed by atoms with Gasteiger partial charge >= 0.3 is 12.3 Å². The van der Waals surface area contributed by atoms with Gasteiger partial charge in [-0.1, -0.05) is 30.3 Å². The first-order valence-electron chi connectivity index (χ1n) is 10.2. The topological polar surface area (TPSA) is 76.1 Å². The Morgan fingerprint density at radius 1 is 0.969 bits per heavy atom. The Kier molecular flexibility index (Phi) is 9.37. The number of hydrogen-bond donors (Lipinski definition) is 1. The molecule has 0 spiro atoms. The molecule has 1 amide bonds. The number of amides is 1. The van der Waals surface area contributed by atoms with Gasteiger partial charge in [0.1, 0.15) is 11.5 Å². The number of carboxylic acids is 1. The van der Waals surface area contributed by atoms with Gasteiger partial charge in [0, 0.05) is 31.1 Å². The summed E-state index contributed by atoms with van der Waals surface area (Å²) in [6.07, 6.45) is -2.71. The fraction of sp³-hybridized carbons (Fsp3) is 0.391. The third-order valence-corrected chi connectivity index (χ3v) is 4.69. The number of halogens is 3. The summed E-state index contributed by atoms with van der Waals surface area (Å²) in [5, 5.41) is 8.81. The molecule has 0 saturated heterocycles. The molecule has 32 heavy (non-hydrogen) atoms. The number of carboxylic acid groups (broad SMARTS) is 1. The molecule has 0 unspecified atom stereocenters.